The fourth-order valence-electron chi connectivity index (χ4n) is 4.36. The van der Waals surface area contributed by atoms with Gasteiger partial charge in [-0.2, -0.15) is 10.2 Å². The number of halogens is 3. The molecule has 2 aromatic carbocycles. The van der Waals surface area contributed by atoms with E-state index < -0.39 is 6.36 Å². The van der Waals surface area contributed by atoms with E-state index in [2.05, 4.69) is 14.9 Å². The van der Waals surface area contributed by atoms with Gasteiger partial charge in [-0.05, 0) is 43.2 Å². The van der Waals surface area contributed by atoms with Crippen LogP contribution in [0.5, 0.6) is 5.75 Å². The Morgan fingerprint density at radius 1 is 0.914 bits per heavy atom. The number of rotatable bonds is 5. The van der Waals surface area contributed by atoms with Crippen molar-refractivity contribution in [3.05, 3.63) is 89.3 Å². The highest BCUT2D eigenvalue weighted by atomic mass is 19.4. The fraction of sp³-hybridized carbons (Fsp3) is 0.240. The zero-order chi connectivity index (χ0) is 24.4. The van der Waals surface area contributed by atoms with Crippen LogP contribution in [0.3, 0.4) is 0 Å². The van der Waals surface area contributed by atoms with Crippen molar-refractivity contribution in [2.45, 2.75) is 25.2 Å². The van der Waals surface area contributed by atoms with E-state index in [0.717, 1.165) is 5.69 Å². The van der Waals surface area contributed by atoms with Gasteiger partial charge in [-0.15, -0.1) is 13.2 Å². The first-order chi connectivity index (χ1) is 16.9. The van der Waals surface area contributed by atoms with Gasteiger partial charge in [-0.1, -0.05) is 30.3 Å². The molecule has 10 heteroatoms. The molecule has 0 amide bonds. The monoisotopic (exact) mass is 481 g/mol. The molecule has 7 nitrogen and oxygen atoms in total. The van der Waals surface area contributed by atoms with Crippen molar-refractivity contribution in [1.29, 1.82) is 0 Å². The summed E-state index contributed by atoms with van der Waals surface area (Å²) in [6, 6.07) is 18.9. The van der Waals surface area contributed by atoms with Crippen molar-refractivity contribution < 1.29 is 17.9 Å². The minimum Gasteiger partial charge on any atom is -0.404 e. The second-order valence-corrected chi connectivity index (χ2v) is 8.21. The molecule has 1 aliphatic rings. The molecule has 1 fully saturated rings. The highest BCUT2D eigenvalue weighted by Crippen LogP contribution is 2.35. The number of piperidine rings is 1. The number of ether oxygens (including phenoxy) is 1. The van der Waals surface area contributed by atoms with Gasteiger partial charge in [0, 0.05) is 25.4 Å². The van der Waals surface area contributed by atoms with Gasteiger partial charge in [0.1, 0.15) is 0 Å². The summed E-state index contributed by atoms with van der Waals surface area (Å²) >= 11 is 0. The topological polar surface area (TPSA) is 65.2 Å². The van der Waals surface area contributed by atoms with Crippen LogP contribution in [0.1, 0.15) is 18.9 Å². The molecular weight excluding hydrogens is 459 g/mol. The van der Waals surface area contributed by atoms with Crippen LogP contribution in [0.15, 0.2) is 83.9 Å². The summed E-state index contributed by atoms with van der Waals surface area (Å²) in [6.45, 7) is 1.04. The predicted octanol–water partition coefficient (Wildman–Crippen LogP) is 4.84. The van der Waals surface area contributed by atoms with Crippen molar-refractivity contribution in [3.8, 4) is 22.8 Å². The van der Waals surface area contributed by atoms with Gasteiger partial charge in [-0.3, -0.25) is 9.48 Å². The molecular formula is C25H22F3N5O2. The minimum absolute atomic E-state index is 0.00519. The molecule has 1 saturated heterocycles. The number of benzene rings is 2. The lowest BCUT2D eigenvalue weighted by molar-refractivity contribution is -0.274. The molecule has 5 rings (SSSR count). The van der Waals surface area contributed by atoms with E-state index in [1.807, 2.05) is 35.2 Å². The Morgan fingerprint density at radius 3 is 2.37 bits per heavy atom. The number of hydrogen-bond donors (Lipinski definition) is 0. The van der Waals surface area contributed by atoms with Gasteiger partial charge < -0.3 is 9.64 Å². The number of alkyl halides is 3. The number of aromatic nitrogens is 4. The average molecular weight is 481 g/mol. The summed E-state index contributed by atoms with van der Waals surface area (Å²) in [6.07, 6.45) is -0.173. The van der Waals surface area contributed by atoms with Crippen molar-refractivity contribution in [3.63, 3.8) is 0 Å². The van der Waals surface area contributed by atoms with Gasteiger partial charge in [0.25, 0.3) is 0 Å². The lowest BCUT2D eigenvalue weighted by Crippen LogP contribution is -2.36. The zero-order valence-corrected chi connectivity index (χ0v) is 18.6. The van der Waals surface area contributed by atoms with Crippen LogP contribution in [0.25, 0.3) is 17.1 Å². The summed E-state index contributed by atoms with van der Waals surface area (Å²) in [5.74, 6) is -0.212. The summed E-state index contributed by atoms with van der Waals surface area (Å²) in [5.41, 5.74) is 1.89. The van der Waals surface area contributed by atoms with E-state index >= 15 is 0 Å². The van der Waals surface area contributed by atoms with Gasteiger partial charge >= 0.3 is 6.36 Å². The lowest BCUT2D eigenvalue weighted by Gasteiger charge is -2.35. The van der Waals surface area contributed by atoms with Crippen LogP contribution >= 0.6 is 0 Å². The molecule has 1 aliphatic heterocycles. The molecule has 0 N–H and O–H groups in total. The standard InChI is InChI=1S/C25H22F3N5O2/c26-25(27,28)35-23-9-5-4-8-20(23)31-15-11-18(12-16-31)32-17-13-22(34)24(30-32)21-10-14-29-33(21)19-6-2-1-3-7-19/h1-10,13-14,17-18H,11-12,15-16H2. The largest absolute Gasteiger partial charge is 0.573 e. The van der Waals surface area contributed by atoms with E-state index in [1.54, 1.807) is 40.0 Å². The Hall–Kier alpha value is -4.08. The molecule has 0 atom stereocenters. The van der Waals surface area contributed by atoms with E-state index in [9.17, 15) is 18.0 Å². The molecule has 4 aromatic rings. The Kier molecular flexibility index (Phi) is 6.02. The summed E-state index contributed by atoms with van der Waals surface area (Å²) in [5, 5.41) is 8.99. The van der Waals surface area contributed by atoms with Crippen LogP contribution in [0.4, 0.5) is 18.9 Å². The highest BCUT2D eigenvalue weighted by Gasteiger charge is 2.33. The van der Waals surface area contributed by atoms with Gasteiger partial charge in [0.2, 0.25) is 5.43 Å². The molecule has 3 heterocycles. The summed E-state index contributed by atoms with van der Waals surface area (Å²) in [4.78, 5) is 14.6. The number of nitrogens with zero attached hydrogens (tertiary/aromatic N) is 5. The zero-order valence-electron chi connectivity index (χ0n) is 18.6. The maximum atomic E-state index is 12.8. The third kappa shape index (κ3) is 4.91. The van der Waals surface area contributed by atoms with E-state index in [0.29, 0.717) is 43.0 Å². The molecule has 180 valence electrons. The number of hydrogen-bond acceptors (Lipinski definition) is 5. The molecule has 0 aliphatic carbocycles. The molecule has 35 heavy (non-hydrogen) atoms. The SMILES string of the molecule is O=c1ccn(C2CCN(c3ccccc3OC(F)(F)F)CC2)nc1-c1ccnn1-c1ccccc1. The molecule has 0 bridgehead atoms. The minimum atomic E-state index is -4.75. The molecule has 2 aromatic heterocycles. The van der Waals surface area contributed by atoms with E-state index in [-0.39, 0.29) is 17.2 Å². The summed E-state index contributed by atoms with van der Waals surface area (Å²) < 4.78 is 46.1. The molecule has 0 saturated carbocycles. The van der Waals surface area contributed by atoms with Gasteiger partial charge in [0.05, 0.1) is 29.3 Å². The quantitative estimate of drug-likeness (QED) is 0.408. The Morgan fingerprint density at radius 2 is 1.63 bits per heavy atom. The predicted molar refractivity (Wildman–Crippen MR) is 125 cm³/mol. The van der Waals surface area contributed by atoms with Crippen LogP contribution in [-0.4, -0.2) is 39.0 Å². The first kappa shape index (κ1) is 22.7. The third-order valence-electron chi connectivity index (χ3n) is 5.98. The first-order valence-electron chi connectivity index (χ1n) is 11.2. The fourth-order valence-corrected chi connectivity index (χ4v) is 4.36. The number of para-hydroxylation sites is 3. The number of anilines is 1. The second kappa shape index (κ2) is 9.28. The molecule has 0 unspecified atom stereocenters. The third-order valence-corrected chi connectivity index (χ3v) is 5.98. The maximum absolute atomic E-state index is 12.8. The molecule has 0 spiro atoms. The van der Waals surface area contributed by atoms with Crippen molar-refractivity contribution in [2.75, 3.05) is 18.0 Å². The van der Waals surface area contributed by atoms with Crippen molar-refractivity contribution in [2.24, 2.45) is 0 Å². The van der Waals surface area contributed by atoms with Gasteiger partial charge in [0.15, 0.2) is 11.4 Å². The highest BCUT2D eigenvalue weighted by molar-refractivity contribution is 5.59. The first-order valence-corrected chi connectivity index (χ1v) is 11.2. The van der Waals surface area contributed by atoms with Gasteiger partial charge in [-0.25, -0.2) is 4.68 Å². The molecule has 0 radical (unpaired) electrons. The van der Waals surface area contributed by atoms with Crippen LogP contribution < -0.4 is 15.1 Å². The van der Waals surface area contributed by atoms with Crippen LogP contribution in [0.2, 0.25) is 0 Å². The second-order valence-electron chi connectivity index (χ2n) is 8.21. The van der Waals surface area contributed by atoms with Crippen molar-refractivity contribution in [1.82, 2.24) is 19.6 Å². The Balaban J connectivity index is 1.36. The van der Waals surface area contributed by atoms with E-state index in [1.165, 1.54) is 18.2 Å². The van der Waals surface area contributed by atoms with Crippen molar-refractivity contribution >= 4 is 5.69 Å². The summed E-state index contributed by atoms with van der Waals surface area (Å²) in [7, 11) is 0. The Bertz CT molecular complexity index is 1360. The smallest absolute Gasteiger partial charge is 0.404 e. The van der Waals surface area contributed by atoms with Crippen LogP contribution in [0, 0.1) is 0 Å². The van der Waals surface area contributed by atoms with E-state index in [4.69, 9.17) is 0 Å². The average Bonchev–Trinajstić information content (AvgIpc) is 3.34. The normalized spacial score (nSPS) is 14.8. The van der Waals surface area contributed by atoms with Crippen LogP contribution in [-0.2, 0) is 0 Å². The lowest BCUT2D eigenvalue weighted by atomic mass is 10.0. The Labute approximate surface area is 199 Å². The maximum Gasteiger partial charge on any atom is 0.573 e.